The number of rotatable bonds is 3. The van der Waals surface area contributed by atoms with Crippen molar-refractivity contribution in [2.45, 2.75) is 51.4 Å². The Morgan fingerprint density at radius 1 is 1.33 bits per heavy atom. The molecule has 1 saturated carbocycles. The van der Waals surface area contributed by atoms with E-state index in [1.54, 1.807) is 0 Å². The van der Waals surface area contributed by atoms with Crippen LogP contribution in [-0.4, -0.2) is 16.8 Å². The van der Waals surface area contributed by atoms with E-state index in [-0.39, 0.29) is 18.9 Å². The quantitative estimate of drug-likeness (QED) is 0.929. The number of nitrogens with zero attached hydrogens (tertiary/aromatic N) is 2. The number of aromatic nitrogens is 1. The average Bonchev–Trinajstić information content (AvgIpc) is 2.72. The molecule has 6 heteroatoms. The van der Waals surface area contributed by atoms with Gasteiger partial charge in [-0.15, -0.1) is 0 Å². The van der Waals surface area contributed by atoms with E-state index in [0.717, 1.165) is 11.3 Å². The van der Waals surface area contributed by atoms with Gasteiger partial charge in [0.05, 0.1) is 5.92 Å². The molecule has 0 saturated heterocycles. The minimum absolute atomic E-state index is 0.133. The van der Waals surface area contributed by atoms with Crippen LogP contribution in [0.1, 0.15) is 42.6 Å². The summed E-state index contributed by atoms with van der Waals surface area (Å²) in [4.78, 5) is 0. The fourth-order valence-corrected chi connectivity index (χ4v) is 2.93. The Balaban J connectivity index is 1.87. The molecule has 0 spiro atoms. The normalized spacial score (nSPS) is 23.0. The van der Waals surface area contributed by atoms with Crippen LogP contribution in [0.4, 0.5) is 13.2 Å². The Morgan fingerprint density at radius 3 is 2.43 bits per heavy atom. The van der Waals surface area contributed by atoms with E-state index in [1.807, 2.05) is 24.6 Å². The molecule has 1 fully saturated rings. The number of hydrogen-bond donors (Lipinski definition) is 1. The average molecular weight is 299 g/mol. The number of nitriles is 1. The molecule has 0 radical (unpaired) electrons. The fraction of sp³-hybridized carbons (Fsp3) is 0.667. The Kier molecular flexibility index (Phi) is 4.62. The van der Waals surface area contributed by atoms with Crippen LogP contribution in [0, 0.1) is 24.2 Å². The van der Waals surface area contributed by atoms with E-state index in [4.69, 9.17) is 5.26 Å². The highest BCUT2D eigenvalue weighted by Crippen LogP contribution is 2.37. The molecule has 1 N–H and O–H groups in total. The topological polar surface area (TPSA) is 40.8 Å². The number of nitrogens with one attached hydrogen (secondary N) is 1. The van der Waals surface area contributed by atoms with E-state index in [0.29, 0.717) is 25.1 Å². The van der Waals surface area contributed by atoms with Gasteiger partial charge < -0.3 is 9.88 Å². The first kappa shape index (κ1) is 15.9. The maximum Gasteiger partial charge on any atom is 0.391 e. The van der Waals surface area contributed by atoms with Crippen LogP contribution >= 0.6 is 0 Å². The molecule has 1 aliphatic rings. The van der Waals surface area contributed by atoms with Crippen LogP contribution in [0.15, 0.2) is 6.07 Å². The molecule has 0 atom stereocenters. The predicted octanol–water partition coefficient (Wildman–Crippen LogP) is 3.42. The van der Waals surface area contributed by atoms with Gasteiger partial charge in [-0.05, 0) is 44.2 Å². The summed E-state index contributed by atoms with van der Waals surface area (Å²) in [6.07, 6.45) is -2.53. The van der Waals surface area contributed by atoms with Crippen molar-refractivity contribution in [3.05, 3.63) is 23.0 Å². The van der Waals surface area contributed by atoms with E-state index in [1.165, 1.54) is 0 Å². The maximum absolute atomic E-state index is 12.6. The van der Waals surface area contributed by atoms with Crippen molar-refractivity contribution in [3.8, 4) is 6.07 Å². The number of hydrogen-bond acceptors (Lipinski definition) is 2. The molecule has 0 aliphatic heterocycles. The van der Waals surface area contributed by atoms with Crippen LogP contribution in [0.2, 0.25) is 0 Å². The van der Waals surface area contributed by atoms with Gasteiger partial charge in [0.2, 0.25) is 0 Å². The standard InChI is InChI=1S/C15H20F3N3/c1-10-11(7-14(8-19)21(10)2)9-20-13-5-3-12(4-6-13)15(16,17)18/h7,12-13,20H,3-6,9H2,1-2H3. The summed E-state index contributed by atoms with van der Waals surface area (Å²) in [7, 11) is 1.84. The zero-order valence-electron chi connectivity index (χ0n) is 12.3. The summed E-state index contributed by atoms with van der Waals surface area (Å²) in [5.41, 5.74) is 2.65. The third-order valence-corrected chi connectivity index (χ3v) is 4.53. The second-order valence-corrected chi connectivity index (χ2v) is 5.78. The monoisotopic (exact) mass is 299 g/mol. The number of alkyl halides is 3. The maximum atomic E-state index is 12.6. The lowest BCUT2D eigenvalue weighted by molar-refractivity contribution is -0.182. The van der Waals surface area contributed by atoms with Crippen molar-refractivity contribution >= 4 is 0 Å². The van der Waals surface area contributed by atoms with Crippen LogP contribution < -0.4 is 5.32 Å². The minimum Gasteiger partial charge on any atom is -0.340 e. The summed E-state index contributed by atoms with van der Waals surface area (Å²) < 4.78 is 39.6. The molecule has 21 heavy (non-hydrogen) atoms. The zero-order valence-corrected chi connectivity index (χ0v) is 12.3. The molecular formula is C15H20F3N3. The molecule has 1 heterocycles. The van der Waals surface area contributed by atoms with Crippen molar-refractivity contribution in [1.29, 1.82) is 5.26 Å². The highest BCUT2D eigenvalue weighted by Gasteiger charge is 2.41. The van der Waals surface area contributed by atoms with Crippen molar-refractivity contribution in [2.24, 2.45) is 13.0 Å². The first-order valence-electron chi connectivity index (χ1n) is 7.18. The molecule has 0 bridgehead atoms. The summed E-state index contributed by atoms with van der Waals surface area (Å²) in [5.74, 6) is -1.14. The van der Waals surface area contributed by atoms with Crippen LogP contribution in [0.3, 0.4) is 0 Å². The molecule has 0 amide bonds. The highest BCUT2D eigenvalue weighted by atomic mass is 19.4. The Labute approximate surface area is 122 Å². The Morgan fingerprint density at radius 2 is 1.95 bits per heavy atom. The van der Waals surface area contributed by atoms with E-state index in [9.17, 15) is 13.2 Å². The van der Waals surface area contributed by atoms with Gasteiger partial charge in [-0.2, -0.15) is 18.4 Å². The molecule has 2 rings (SSSR count). The SMILES string of the molecule is Cc1c(CNC2CCC(C(F)(F)F)CC2)cc(C#N)n1C. The number of halogens is 3. The molecule has 1 aromatic heterocycles. The molecule has 0 unspecified atom stereocenters. The van der Waals surface area contributed by atoms with Crippen LogP contribution in [-0.2, 0) is 13.6 Å². The second kappa shape index (κ2) is 6.10. The summed E-state index contributed by atoms with van der Waals surface area (Å²) >= 11 is 0. The molecule has 1 aromatic rings. The van der Waals surface area contributed by atoms with Crippen molar-refractivity contribution in [2.75, 3.05) is 0 Å². The van der Waals surface area contributed by atoms with Crippen molar-refractivity contribution in [1.82, 2.24) is 9.88 Å². The van der Waals surface area contributed by atoms with E-state index >= 15 is 0 Å². The first-order valence-corrected chi connectivity index (χ1v) is 7.18. The predicted molar refractivity (Wildman–Crippen MR) is 73.5 cm³/mol. The van der Waals surface area contributed by atoms with Crippen molar-refractivity contribution < 1.29 is 13.2 Å². The largest absolute Gasteiger partial charge is 0.391 e. The third-order valence-electron chi connectivity index (χ3n) is 4.53. The van der Waals surface area contributed by atoms with Gasteiger partial charge >= 0.3 is 6.18 Å². The van der Waals surface area contributed by atoms with Gasteiger partial charge in [0.1, 0.15) is 11.8 Å². The smallest absolute Gasteiger partial charge is 0.340 e. The molecule has 3 nitrogen and oxygen atoms in total. The van der Waals surface area contributed by atoms with Gasteiger partial charge in [-0.3, -0.25) is 0 Å². The fourth-order valence-electron chi connectivity index (χ4n) is 2.93. The first-order chi connectivity index (χ1) is 9.82. The van der Waals surface area contributed by atoms with Gasteiger partial charge in [0, 0.05) is 25.3 Å². The van der Waals surface area contributed by atoms with Gasteiger partial charge in [0.25, 0.3) is 0 Å². The summed E-state index contributed by atoms with van der Waals surface area (Å²) in [6, 6.07) is 4.10. The molecule has 116 valence electrons. The van der Waals surface area contributed by atoms with E-state index < -0.39 is 12.1 Å². The minimum atomic E-state index is -4.05. The van der Waals surface area contributed by atoms with Gasteiger partial charge in [-0.25, -0.2) is 0 Å². The Hall–Kier alpha value is -1.48. The summed E-state index contributed by atoms with van der Waals surface area (Å²) in [6.45, 7) is 2.54. The highest BCUT2D eigenvalue weighted by molar-refractivity contribution is 5.34. The second-order valence-electron chi connectivity index (χ2n) is 5.78. The van der Waals surface area contributed by atoms with Gasteiger partial charge in [0.15, 0.2) is 0 Å². The molecule has 1 aliphatic carbocycles. The lowest BCUT2D eigenvalue weighted by Crippen LogP contribution is -2.36. The van der Waals surface area contributed by atoms with Gasteiger partial charge in [-0.1, -0.05) is 0 Å². The lowest BCUT2D eigenvalue weighted by atomic mass is 9.85. The summed E-state index contributed by atoms with van der Waals surface area (Å²) in [5, 5.41) is 12.3. The lowest BCUT2D eigenvalue weighted by Gasteiger charge is -2.30. The Bertz CT molecular complexity index is 532. The van der Waals surface area contributed by atoms with Crippen LogP contribution in [0.5, 0.6) is 0 Å². The third kappa shape index (κ3) is 3.59. The van der Waals surface area contributed by atoms with E-state index in [2.05, 4.69) is 11.4 Å². The van der Waals surface area contributed by atoms with Crippen molar-refractivity contribution in [3.63, 3.8) is 0 Å². The molecule has 0 aromatic carbocycles. The van der Waals surface area contributed by atoms with Crippen LogP contribution in [0.25, 0.3) is 0 Å². The molecular weight excluding hydrogens is 279 g/mol. The zero-order chi connectivity index (χ0) is 15.6.